The number of nitrogens with one attached hydrogen (secondary N) is 1. The third kappa shape index (κ3) is 2.07. The summed E-state index contributed by atoms with van der Waals surface area (Å²) in [6.07, 6.45) is 1.15. The van der Waals surface area contributed by atoms with Crippen molar-refractivity contribution in [1.29, 1.82) is 0 Å². The van der Waals surface area contributed by atoms with Gasteiger partial charge in [-0.05, 0) is 36.6 Å². The van der Waals surface area contributed by atoms with Gasteiger partial charge in [0, 0.05) is 6.04 Å². The molecule has 1 aliphatic heterocycles. The van der Waals surface area contributed by atoms with Gasteiger partial charge in [-0.25, -0.2) is 0 Å². The first kappa shape index (κ1) is 10.3. The van der Waals surface area contributed by atoms with E-state index in [9.17, 15) is 5.11 Å². The van der Waals surface area contributed by atoms with Crippen LogP contribution in [0.1, 0.15) is 24.9 Å². The highest BCUT2D eigenvalue weighted by atomic mass is 16.5. The largest absolute Gasteiger partial charge is 0.504 e. The molecule has 0 bridgehead atoms. The maximum Gasteiger partial charge on any atom is 0.160 e. The number of phenols is 1. The summed E-state index contributed by atoms with van der Waals surface area (Å²) in [5, 5.41) is 12.9. The van der Waals surface area contributed by atoms with E-state index in [0.29, 0.717) is 11.8 Å². The Labute approximate surface area is 90.1 Å². The first-order valence-electron chi connectivity index (χ1n) is 5.31. The van der Waals surface area contributed by atoms with Crippen LogP contribution in [-0.2, 0) is 0 Å². The molecule has 1 fully saturated rings. The Morgan fingerprint density at radius 1 is 1.47 bits per heavy atom. The van der Waals surface area contributed by atoms with Crippen LogP contribution in [0.15, 0.2) is 18.2 Å². The van der Waals surface area contributed by atoms with Crippen molar-refractivity contribution in [1.82, 2.24) is 5.32 Å². The minimum Gasteiger partial charge on any atom is -0.504 e. The molecule has 1 aliphatic rings. The lowest BCUT2D eigenvalue weighted by molar-refractivity contribution is 0.372. The van der Waals surface area contributed by atoms with Gasteiger partial charge in [0.15, 0.2) is 11.5 Å². The van der Waals surface area contributed by atoms with E-state index < -0.39 is 0 Å². The zero-order chi connectivity index (χ0) is 10.8. The number of benzene rings is 1. The summed E-state index contributed by atoms with van der Waals surface area (Å²) in [6, 6.07) is 5.95. The summed E-state index contributed by atoms with van der Waals surface area (Å²) in [5.74, 6) is 1.47. The molecule has 0 radical (unpaired) electrons. The van der Waals surface area contributed by atoms with Crippen molar-refractivity contribution in [3.8, 4) is 11.5 Å². The van der Waals surface area contributed by atoms with Gasteiger partial charge in [-0.3, -0.25) is 0 Å². The molecule has 3 nitrogen and oxygen atoms in total. The van der Waals surface area contributed by atoms with Gasteiger partial charge in [0.1, 0.15) is 0 Å². The van der Waals surface area contributed by atoms with Crippen molar-refractivity contribution in [2.45, 2.75) is 19.4 Å². The number of hydrogen-bond donors (Lipinski definition) is 2. The third-order valence-electron chi connectivity index (χ3n) is 2.96. The van der Waals surface area contributed by atoms with Gasteiger partial charge in [-0.1, -0.05) is 13.0 Å². The number of ether oxygens (including phenoxy) is 1. The lowest BCUT2D eigenvalue weighted by Gasteiger charge is -2.12. The molecule has 3 heteroatoms. The molecule has 15 heavy (non-hydrogen) atoms. The van der Waals surface area contributed by atoms with Crippen LogP contribution >= 0.6 is 0 Å². The molecular weight excluding hydrogens is 190 g/mol. The van der Waals surface area contributed by atoms with E-state index in [-0.39, 0.29) is 5.75 Å². The maximum atomic E-state index is 9.48. The number of methoxy groups -OCH3 is 1. The molecule has 1 aromatic rings. The molecule has 2 rings (SSSR count). The average molecular weight is 207 g/mol. The summed E-state index contributed by atoms with van der Waals surface area (Å²) < 4.78 is 5.09. The number of hydrogen-bond acceptors (Lipinski definition) is 3. The molecule has 0 aromatic heterocycles. The Kier molecular flexibility index (Phi) is 2.82. The van der Waals surface area contributed by atoms with Crippen LogP contribution in [0, 0.1) is 5.92 Å². The van der Waals surface area contributed by atoms with Gasteiger partial charge in [-0.2, -0.15) is 0 Å². The summed E-state index contributed by atoms with van der Waals surface area (Å²) in [5.41, 5.74) is 1.19. The highest BCUT2D eigenvalue weighted by molar-refractivity contribution is 5.42. The summed E-state index contributed by atoms with van der Waals surface area (Å²) in [7, 11) is 1.57. The molecule has 2 N–H and O–H groups in total. The normalized spacial score (nSPS) is 25.5. The summed E-state index contributed by atoms with van der Waals surface area (Å²) >= 11 is 0. The van der Waals surface area contributed by atoms with Gasteiger partial charge in [0.05, 0.1) is 7.11 Å². The summed E-state index contributed by atoms with van der Waals surface area (Å²) in [6.45, 7) is 3.30. The van der Waals surface area contributed by atoms with Crippen LogP contribution in [0.3, 0.4) is 0 Å². The monoisotopic (exact) mass is 207 g/mol. The second-order valence-electron chi connectivity index (χ2n) is 4.23. The topological polar surface area (TPSA) is 41.5 Å². The van der Waals surface area contributed by atoms with Crippen molar-refractivity contribution in [2.75, 3.05) is 13.7 Å². The van der Waals surface area contributed by atoms with Crippen LogP contribution in [0.2, 0.25) is 0 Å². The molecule has 0 amide bonds. The predicted octanol–water partition coefficient (Wildman–Crippen LogP) is 2.07. The van der Waals surface area contributed by atoms with E-state index in [1.54, 1.807) is 13.2 Å². The standard InChI is InChI=1S/C12H17NO2/c1-8-5-10(13-7-8)9-3-4-11(14)12(6-9)15-2/h3-4,6,8,10,13-14H,5,7H2,1-2H3/t8-,10+/m1/s1. The van der Waals surface area contributed by atoms with Crippen molar-refractivity contribution in [2.24, 2.45) is 5.92 Å². The average Bonchev–Trinajstić information content (AvgIpc) is 2.66. The minimum atomic E-state index is 0.201. The van der Waals surface area contributed by atoms with Crippen LogP contribution in [0.5, 0.6) is 11.5 Å². The molecule has 1 heterocycles. The van der Waals surface area contributed by atoms with Crippen LogP contribution in [-0.4, -0.2) is 18.8 Å². The molecule has 82 valence electrons. The van der Waals surface area contributed by atoms with Crippen molar-refractivity contribution >= 4 is 0 Å². The van der Waals surface area contributed by atoms with E-state index in [2.05, 4.69) is 12.2 Å². The Bertz CT molecular complexity index is 351. The predicted molar refractivity (Wildman–Crippen MR) is 59.2 cm³/mol. The Morgan fingerprint density at radius 2 is 2.27 bits per heavy atom. The fourth-order valence-corrected chi connectivity index (χ4v) is 2.08. The molecule has 1 aromatic carbocycles. The first-order chi connectivity index (χ1) is 7.20. The third-order valence-corrected chi connectivity index (χ3v) is 2.96. The second-order valence-corrected chi connectivity index (χ2v) is 4.23. The number of rotatable bonds is 2. The summed E-state index contributed by atoms with van der Waals surface area (Å²) in [4.78, 5) is 0. The van der Waals surface area contributed by atoms with Gasteiger partial charge in [0.25, 0.3) is 0 Å². The maximum absolute atomic E-state index is 9.48. The van der Waals surface area contributed by atoms with Crippen molar-refractivity contribution < 1.29 is 9.84 Å². The van der Waals surface area contributed by atoms with E-state index in [4.69, 9.17) is 4.74 Å². The molecule has 0 saturated carbocycles. The van der Waals surface area contributed by atoms with Crippen LogP contribution < -0.4 is 10.1 Å². The van der Waals surface area contributed by atoms with E-state index in [1.807, 2.05) is 12.1 Å². The smallest absolute Gasteiger partial charge is 0.160 e. The first-order valence-corrected chi connectivity index (χ1v) is 5.31. The Hall–Kier alpha value is -1.22. The van der Waals surface area contributed by atoms with E-state index in [1.165, 1.54) is 5.56 Å². The van der Waals surface area contributed by atoms with Crippen LogP contribution in [0.4, 0.5) is 0 Å². The van der Waals surface area contributed by atoms with Crippen molar-refractivity contribution in [3.05, 3.63) is 23.8 Å². The van der Waals surface area contributed by atoms with Gasteiger partial charge in [0.2, 0.25) is 0 Å². The quantitative estimate of drug-likeness (QED) is 0.780. The Balaban J connectivity index is 2.21. The molecule has 1 saturated heterocycles. The highest BCUT2D eigenvalue weighted by Gasteiger charge is 2.22. The lowest BCUT2D eigenvalue weighted by Crippen LogP contribution is -2.13. The molecular formula is C12H17NO2. The van der Waals surface area contributed by atoms with Gasteiger partial charge < -0.3 is 15.2 Å². The lowest BCUT2D eigenvalue weighted by atomic mass is 10.0. The molecule has 0 unspecified atom stereocenters. The van der Waals surface area contributed by atoms with E-state index >= 15 is 0 Å². The number of phenolic OH excluding ortho intramolecular Hbond substituents is 1. The molecule has 0 spiro atoms. The Morgan fingerprint density at radius 3 is 2.87 bits per heavy atom. The van der Waals surface area contributed by atoms with Gasteiger partial charge in [-0.15, -0.1) is 0 Å². The van der Waals surface area contributed by atoms with E-state index in [0.717, 1.165) is 18.9 Å². The second kappa shape index (κ2) is 4.11. The zero-order valence-corrected chi connectivity index (χ0v) is 9.16. The zero-order valence-electron chi connectivity index (χ0n) is 9.16. The fourth-order valence-electron chi connectivity index (χ4n) is 2.08. The van der Waals surface area contributed by atoms with Crippen molar-refractivity contribution in [3.63, 3.8) is 0 Å². The van der Waals surface area contributed by atoms with Gasteiger partial charge >= 0.3 is 0 Å². The van der Waals surface area contributed by atoms with Crippen LogP contribution in [0.25, 0.3) is 0 Å². The molecule has 0 aliphatic carbocycles. The number of aromatic hydroxyl groups is 1. The highest BCUT2D eigenvalue weighted by Crippen LogP contribution is 2.33. The fraction of sp³-hybridized carbons (Fsp3) is 0.500. The minimum absolute atomic E-state index is 0.201. The molecule has 2 atom stereocenters. The SMILES string of the molecule is COc1cc([C@@H]2C[C@@H](C)CN2)ccc1O.